The van der Waals surface area contributed by atoms with Gasteiger partial charge in [0.1, 0.15) is 5.82 Å². The maximum Gasteiger partial charge on any atom is 0.418 e. The number of halogens is 3. The van der Waals surface area contributed by atoms with E-state index < -0.39 is 11.7 Å². The van der Waals surface area contributed by atoms with Gasteiger partial charge in [-0.3, -0.25) is 0 Å². The summed E-state index contributed by atoms with van der Waals surface area (Å²) >= 11 is 0. The largest absolute Gasteiger partial charge is 0.418 e. The molecule has 0 radical (unpaired) electrons. The van der Waals surface area contributed by atoms with Gasteiger partial charge in [0.15, 0.2) is 0 Å². The second kappa shape index (κ2) is 6.90. The van der Waals surface area contributed by atoms with Crippen LogP contribution in [0.5, 0.6) is 0 Å². The van der Waals surface area contributed by atoms with Crippen LogP contribution >= 0.6 is 0 Å². The van der Waals surface area contributed by atoms with Crippen LogP contribution in [0.25, 0.3) is 0 Å². The second-order valence-corrected chi connectivity index (χ2v) is 6.40. The Morgan fingerprint density at radius 1 is 1.20 bits per heavy atom. The molecule has 1 heterocycles. The molecule has 1 atom stereocenters. The summed E-state index contributed by atoms with van der Waals surface area (Å²) in [5.74, 6) is 1.20. The van der Waals surface area contributed by atoms with Crippen molar-refractivity contribution in [3.8, 4) is 0 Å². The lowest BCUT2D eigenvalue weighted by molar-refractivity contribution is -0.136. The molecule has 1 aliphatic carbocycles. The van der Waals surface area contributed by atoms with Crippen molar-refractivity contribution in [2.75, 3.05) is 10.6 Å². The molecule has 0 saturated heterocycles. The third kappa shape index (κ3) is 4.41. The van der Waals surface area contributed by atoms with Crippen molar-refractivity contribution >= 4 is 17.5 Å². The van der Waals surface area contributed by atoms with Crippen molar-refractivity contribution in [2.45, 2.75) is 51.2 Å². The molecule has 0 bridgehead atoms. The van der Waals surface area contributed by atoms with E-state index in [1.165, 1.54) is 12.1 Å². The van der Waals surface area contributed by atoms with Crippen LogP contribution in [-0.4, -0.2) is 16.0 Å². The third-order valence-electron chi connectivity index (χ3n) is 4.22. The fraction of sp³-hybridized carbons (Fsp3) is 0.444. The minimum Gasteiger partial charge on any atom is -0.352 e. The van der Waals surface area contributed by atoms with Crippen LogP contribution in [0.3, 0.4) is 0 Å². The molecule has 2 N–H and O–H groups in total. The number of hydrogen-bond donors (Lipinski definition) is 2. The predicted molar refractivity (Wildman–Crippen MR) is 92.1 cm³/mol. The van der Waals surface area contributed by atoms with E-state index in [0.717, 1.165) is 31.0 Å². The number of alkyl halides is 3. The molecule has 1 fully saturated rings. The van der Waals surface area contributed by atoms with Crippen molar-refractivity contribution < 1.29 is 13.2 Å². The van der Waals surface area contributed by atoms with E-state index in [2.05, 4.69) is 20.6 Å². The lowest BCUT2D eigenvalue weighted by atomic mass is 10.1. The molecule has 0 unspecified atom stereocenters. The molecular formula is C18H21F3N4. The maximum atomic E-state index is 13.2. The molecule has 0 amide bonds. The van der Waals surface area contributed by atoms with E-state index in [4.69, 9.17) is 0 Å². The van der Waals surface area contributed by atoms with Gasteiger partial charge in [0.05, 0.1) is 16.9 Å². The first-order valence-corrected chi connectivity index (χ1v) is 8.45. The molecule has 1 aliphatic rings. The van der Waals surface area contributed by atoms with Gasteiger partial charge in [-0.05, 0) is 38.3 Å². The van der Waals surface area contributed by atoms with Crippen LogP contribution in [-0.2, 0) is 6.18 Å². The van der Waals surface area contributed by atoms with Crippen LogP contribution in [0.2, 0.25) is 0 Å². The first-order valence-electron chi connectivity index (χ1n) is 8.45. The van der Waals surface area contributed by atoms with Gasteiger partial charge in [-0.25, -0.2) is 4.98 Å². The Balaban J connectivity index is 1.92. The quantitative estimate of drug-likeness (QED) is 0.740. The lowest BCUT2D eigenvalue weighted by Crippen LogP contribution is -2.17. The molecule has 1 aromatic heterocycles. The van der Waals surface area contributed by atoms with Gasteiger partial charge in [-0.2, -0.15) is 18.2 Å². The van der Waals surface area contributed by atoms with Gasteiger partial charge in [-0.15, -0.1) is 0 Å². The Kier molecular flexibility index (Phi) is 4.83. The molecule has 1 saturated carbocycles. The van der Waals surface area contributed by atoms with E-state index in [0.29, 0.717) is 17.7 Å². The summed E-state index contributed by atoms with van der Waals surface area (Å²) in [5.41, 5.74) is 0.149. The van der Waals surface area contributed by atoms with E-state index >= 15 is 0 Å². The van der Waals surface area contributed by atoms with Crippen molar-refractivity contribution in [2.24, 2.45) is 0 Å². The van der Waals surface area contributed by atoms with Crippen LogP contribution in [0.15, 0.2) is 30.3 Å². The van der Waals surface area contributed by atoms with Crippen LogP contribution in [0.4, 0.5) is 30.6 Å². The normalized spacial score (nSPS) is 15.7. The number of nitrogens with one attached hydrogen (secondary N) is 2. The average Bonchev–Trinajstić information content (AvgIpc) is 3.39. The summed E-state index contributed by atoms with van der Waals surface area (Å²) in [6.07, 6.45) is -1.42. The molecule has 0 aliphatic heterocycles. The Morgan fingerprint density at radius 2 is 1.92 bits per heavy atom. The third-order valence-corrected chi connectivity index (χ3v) is 4.22. The molecule has 4 nitrogen and oxygen atoms in total. The molecular weight excluding hydrogens is 329 g/mol. The molecule has 0 spiro atoms. The standard InChI is InChI=1S/C18H21F3N4/c1-3-11(2)22-17-24-15(12-8-9-12)10-16(25-17)23-14-7-5-4-6-13(14)18(19,20)21/h4-7,10-12H,3,8-9H2,1-2H3,(H2,22,23,24,25)/t11-/m1/s1. The number of anilines is 3. The van der Waals surface area contributed by atoms with Gasteiger partial charge < -0.3 is 10.6 Å². The summed E-state index contributed by atoms with van der Waals surface area (Å²) in [7, 11) is 0. The summed E-state index contributed by atoms with van der Waals surface area (Å²) in [6, 6.07) is 7.34. The Labute approximate surface area is 144 Å². The molecule has 7 heteroatoms. The van der Waals surface area contributed by atoms with E-state index in [1.807, 2.05) is 13.8 Å². The fourth-order valence-electron chi connectivity index (χ4n) is 2.48. The number of aromatic nitrogens is 2. The predicted octanol–water partition coefficient (Wildman–Crippen LogP) is 5.33. The smallest absolute Gasteiger partial charge is 0.352 e. The van der Waals surface area contributed by atoms with Gasteiger partial charge in [0.2, 0.25) is 5.95 Å². The first-order chi connectivity index (χ1) is 11.9. The van der Waals surface area contributed by atoms with E-state index in [-0.39, 0.29) is 11.7 Å². The maximum absolute atomic E-state index is 13.2. The minimum absolute atomic E-state index is 0.00932. The van der Waals surface area contributed by atoms with Gasteiger partial charge in [0, 0.05) is 18.0 Å². The minimum atomic E-state index is -4.42. The number of para-hydroxylation sites is 1. The highest BCUT2D eigenvalue weighted by Crippen LogP contribution is 2.41. The zero-order valence-corrected chi connectivity index (χ0v) is 14.2. The highest BCUT2D eigenvalue weighted by Gasteiger charge is 2.33. The van der Waals surface area contributed by atoms with Gasteiger partial charge >= 0.3 is 6.18 Å². The topological polar surface area (TPSA) is 49.8 Å². The number of benzene rings is 1. The molecule has 134 valence electrons. The van der Waals surface area contributed by atoms with Crippen LogP contribution in [0, 0.1) is 0 Å². The van der Waals surface area contributed by atoms with Crippen molar-refractivity contribution in [3.63, 3.8) is 0 Å². The van der Waals surface area contributed by atoms with Crippen LogP contribution < -0.4 is 10.6 Å². The van der Waals surface area contributed by atoms with Crippen molar-refractivity contribution in [1.29, 1.82) is 0 Å². The molecule has 1 aromatic carbocycles. The SMILES string of the molecule is CC[C@@H](C)Nc1nc(Nc2ccccc2C(F)(F)F)cc(C2CC2)n1. The number of nitrogens with zero attached hydrogens (tertiary/aromatic N) is 2. The highest BCUT2D eigenvalue weighted by atomic mass is 19.4. The lowest BCUT2D eigenvalue weighted by Gasteiger charge is -2.16. The molecule has 2 aromatic rings. The zero-order valence-electron chi connectivity index (χ0n) is 14.2. The van der Waals surface area contributed by atoms with Gasteiger partial charge in [0.25, 0.3) is 0 Å². The average molecular weight is 350 g/mol. The van der Waals surface area contributed by atoms with E-state index in [1.54, 1.807) is 12.1 Å². The zero-order chi connectivity index (χ0) is 18.0. The first kappa shape index (κ1) is 17.5. The Bertz CT molecular complexity index is 741. The number of hydrogen-bond acceptors (Lipinski definition) is 4. The summed E-state index contributed by atoms with van der Waals surface area (Å²) in [6.45, 7) is 4.06. The highest BCUT2D eigenvalue weighted by molar-refractivity contribution is 5.62. The Hall–Kier alpha value is -2.31. The Morgan fingerprint density at radius 3 is 2.56 bits per heavy atom. The monoisotopic (exact) mass is 350 g/mol. The van der Waals surface area contributed by atoms with Crippen LogP contribution in [0.1, 0.15) is 50.3 Å². The van der Waals surface area contributed by atoms with Crippen molar-refractivity contribution in [3.05, 3.63) is 41.6 Å². The fourth-order valence-corrected chi connectivity index (χ4v) is 2.48. The van der Waals surface area contributed by atoms with Crippen molar-refractivity contribution in [1.82, 2.24) is 9.97 Å². The molecule has 25 heavy (non-hydrogen) atoms. The molecule has 3 rings (SSSR count). The summed E-state index contributed by atoms with van der Waals surface area (Å²) < 4.78 is 39.5. The summed E-state index contributed by atoms with van der Waals surface area (Å²) in [5, 5.41) is 6.02. The van der Waals surface area contributed by atoms with E-state index in [9.17, 15) is 13.2 Å². The second-order valence-electron chi connectivity index (χ2n) is 6.40. The van der Waals surface area contributed by atoms with Gasteiger partial charge in [-0.1, -0.05) is 19.1 Å². The number of rotatable bonds is 6. The summed E-state index contributed by atoms with van der Waals surface area (Å²) in [4.78, 5) is 8.86.